The second-order valence-corrected chi connectivity index (χ2v) is 6.22. The van der Waals surface area contributed by atoms with Crippen LogP contribution in [-0.2, 0) is 4.79 Å². The van der Waals surface area contributed by atoms with Gasteiger partial charge in [-0.1, -0.05) is 20.3 Å². The van der Waals surface area contributed by atoms with Crippen LogP contribution in [0.5, 0.6) is 0 Å². The van der Waals surface area contributed by atoms with Gasteiger partial charge in [0.15, 0.2) is 0 Å². The van der Waals surface area contributed by atoms with E-state index in [9.17, 15) is 4.79 Å². The zero-order valence-electron chi connectivity index (χ0n) is 12.0. The molecule has 1 rings (SSSR count). The van der Waals surface area contributed by atoms with Gasteiger partial charge in [0, 0.05) is 18.0 Å². The number of hydrogen-bond acceptors (Lipinski definition) is 2. The standard InChI is InChI=1S/C15H29NO/c1-5-6-14(3)16(4)11-15(12-17)9-7-13(2)8-10-15/h12-14H,5-11H2,1-4H3. The molecule has 0 aromatic carbocycles. The first kappa shape index (κ1) is 14.7. The zero-order valence-corrected chi connectivity index (χ0v) is 12.0. The first-order valence-corrected chi connectivity index (χ1v) is 7.19. The molecule has 1 aliphatic carbocycles. The highest BCUT2D eigenvalue weighted by Crippen LogP contribution is 2.38. The summed E-state index contributed by atoms with van der Waals surface area (Å²) in [5.74, 6) is 0.807. The van der Waals surface area contributed by atoms with E-state index in [1.54, 1.807) is 0 Å². The summed E-state index contributed by atoms with van der Waals surface area (Å²) < 4.78 is 0. The highest BCUT2D eigenvalue weighted by atomic mass is 16.1. The third kappa shape index (κ3) is 4.09. The van der Waals surface area contributed by atoms with Crippen molar-refractivity contribution in [2.24, 2.45) is 11.3 Å². The summed E-state index contributed by atoms with van der Waals surface area (Å²) in [5.41, 5.74) is -0.0523. The highest BCUT2D eigenvalue weighted by Gasteiger charge is 2.35. The second-order valence-electron chi connectivity index (χ2n) is 6.22. The molecule has 0 amide bonds. The molecule has 0 saturated heterocycles. The molecule has 1 saturated carbocycles. The van der Waals surface area contributed by atoms with Crippen molar-refractivity contribution in [1.82, 2.24) is 4.90 Å². The molecular formula is C15H29NO. The van der Waals surface area contributed by atoms with Crippen LogP contribution in [0, 0.1) is 11.3 Å². The summed E-state index contributed by atoms with van der Waals surface area (Å²) >= 11 is 0. The molecule has 0 spiro atoms. The van der Waals surface area contributed by atoms with Gasteiger partial charge in [0.05, 0.1) is 0 Å². The van der Waals surface area contributed by atoms with Crippen LogP contribution in [0.25, 0.3) is 0 Å². The van der Waals surface area contributed by atoms with Crippen molar-refractivity contribution in [2.75, 3.05) is 13.6 Å². The van der Waals surface area contributed by atoms with E-state index in [1.807, 2.05) is 0 Å². The van der Waals surface area contributed by atoms with E-state index in [-0.39, 0.29) is 5.41 Å². The molecule has 0 aromatic rings. The molecule has 1 unspecified atom stereocenters. The Kier molecular flexibility index (Phi) is 5.64. The van der Waals surface area contributed by atoms with Crippen LogP contribution in [0.2, 0.25) is 0 Å². The Morgan fingerprint density at radius 1 is 1.41 bits per heavy atom. The fraction of sp³-hybridized carbons (Fsp3) is 0.933. The first-order chi connectivity index (χ1) is 8.03. The number of nitrogens with zero attached hydrogens (tertiary/aromatic N) is 1. The largest absolute Gasteiger partial charge is 0.303 e. The Morgan fingerprint density at radius 3 is 2.47 bits per heavy atom. The first-order valence-electron chi connectivity index (χ1n) is 7.19. The number of carbonyl (C=O) groups excluding carboxylic acids is 1. The van der Waals surface area contributed by atoms with Crippen molar-refractivity contribution in [2.45, 2.75) is 65.3 Å². The van der Waals surface area contributed by atoms with Crippen LogP contribution in [0.1, 0.15) is 59.3 Å². The van der Waals surface area contributed by atoms with Crippen molar-refractivity contribution >= 4 is 6.29 Å². The lowest BCUT2D eigenvalue weighted by molar-refractivity contribution is -0.119. The SMILES string of the molecule is CCCC(C)N(C)CC1(C=O)CCC(C)CC1. The maximum absolute atomic E-state index is 11.5. The molecule has 2 nitrogen and oxygen atoms in total. The smallest absolute Gasteiger partial charge is 0.127 e. The van der Waals surface area contributed by atoms with Crippen LogP contribution in [0.4, 0.5) is 0 Å². The van der Waals surface area contributed by atoms with Crippen molar-refractivity contribution in [3.63, 3.8) is 0 Å². The summed E-state index contributed by atoms with van der Waals surface area (Å²) in [5, 5.41) is 0. The van der Waals surface area contributed by atoms with E-state index in [2.05, 4.69) is 32.7 Å². The van der Waals surface area contributed by atoms with Gasteiger partial charge in [-0.3, -0.25) is 0 Å². The molecule has 17 heavy (non-hydrogen) atoms. The summed E-state index contributed by atoms with van der Waals surface area (Å²) in [6.07, 6.45) is 8.29. The molecule has 0 heterocycles. The van der Waals surface area contributed by atoms with E-state index < -0.39 is 0 Å². The topological polar surface area (TPSA) is 20.3 Å². The Balaban J connectivity index is 2.53. The predicted octanol–water partition coefficient (Wildman–Crippen LogP) is 3.50. The van der Waals surface area contributed by atoms with Crippen molar-refractivity contribution < 1.29 is 4.79 Å². The van der Waals surface area contributed by atoms with Crippen molar-refractivity contribution in [3.8, 4) is 0 Å². The molecule has 1 atom stereocenters. The third-order valence-corrected chi connectivity index (χ3v) is 4.54. The van der Waals surface area contributed by atoms with Gasteiger partial charge < -0.3 is 9.69 Å². The maximum atomic E-state index is 11.5. The average molecular weight is 239 g/mol. The van der Waals surface area contributed by atoms with E-state index in [4.69, 9.17) is 0 Å². The fourth-order valence-electron chi connectivity index (χ4n) is 2.94. The van der Waals surface area contributed by atoms with Gasteiger partial charge in [0.25, 0.3) is 0 Å². The van der Waals surface area contributed by atoms with Crippen molar-refractivity contribution in [1.29, 1.82) is 0 Å². The number of aldehydes is 1. The zero-order chi connectivity index (χ0) is 12.9. The molecule has 0 N–H and O–H groups in total. The van der Waals surface area contributed by atoms with E-state index in [0.717, 1.165) is 25.3 Å². The molecule has 0 radical (unpaired) electrons. The van der Waals surface area contributed by atoms with E-state index in [0.29, 0.717) is 6.04 Å². The van der Waals surface area contributed by atoms with Gasteiger partial charge in [0.2, 0.25) is 0 Å². The second kappa shape index (κ2) is 6.53. The number of rotatable bonds is 6. The Morgan fingerprint density at radius 2 is 2.00 bits per heavy atom. The summed E-state index contributed by atoms with van der Waals surface area (Å²) in [4.78, 5) is 13.9. The summed E-state index contributed by atoms with van der Waals surface area (Å²) in [6.45, 7) is 7.75. The summed E-state index contributed by atoms with van der Waals surface area (Å²) in [6, 6.07) is 0.594. The minimum atomic E-state index is -0.0523. The van der Waals surface area contributed by atoms with Crippen LogP contribution in [-0.4, -0.2) is 30.8 Å². The van der Waals surface area contributed by atoms with Crippen LogP contribution >= 0.6 is 0 Å². The molecular weight excluding hydrogens is 210 g/mol. The van der Waals surface area contributed by atoms with Crippen LogP contribution in [0.3, 0.4) is 0 Å². The molecule has 100 valence electrons. The number of carbonyl (C=O) groups is 1. The predicted molar refractivity (Wildman–Crippen MR) is 73.1 cm³/mol. The lowest BCUT2D eigenvalue weighted by Gasteiger charge is -2.39. The lowest BCUT2D eigenvalue weighted by atomic mass is 9.71. The number of hydrogen-bond donors (Lipinski definition) is 0. The molecule has 0 bridgehead atoms. The minimum absolute atomic E-state index is 0.0523. The Hall–Kier alpha value is -0.370. The Labute approximate surface area is 107 Å². The molecule has 1 aliphatic rings. The van der Waals surface area contributed by atoms with E-state index >= 15 is 0 Å². The normalized spacial score (nSPS) is 31.5. The molecule has 1 fully saturated rings. The van der Waals surface area contributed by atoms with Gasteiger partial charge in [-0.15, -0.1) is 0 Å². The molecule has 2 heteroatoms. The lowest BCUT2D eigenvalue weighted by Crippen LogP contribution is -2.43. The summed E-state index contributed by atoms with van der Waals surface area (Å²) in [7, 11) is 2.17. The van der Waals surface area contributed by atoms with Gasteiger partial charge in [0.1, 0.15) is 6.29 Å². The maximum Gasteiger partial charge on any atom is 0.127 e. The van der Waals surface area contributed by atoms with Crippen LogP contribution in [0.15, 0.2) is 0 Å². The fourth-order valence-corrected chi connectivity index (χ4v) is 2.94. The average Bonchev–Trinajstić information content (AvgIpc) is 2.33. The van der Waals surface area contributed by atoms with Gasteiger partial charge in [-0.2, -0.15) is 0 Å². The highest BCUT2D eigenvalue weighted by molar-refractivity contribution is 5.60. The third-order valence-electron chi connectivity index (χ3n) is 4.54. The minimum Gasteiger partial charge on any atom is -0.303 e. The monoisotopic (exact) mass is 239 g/mol. The van der Waals surface area contributed by atoms with Crippen molar-refractivity contribution in [3.05, 3.63) is 0 Å². The van der Waals surface area contributed by atoms with Crippen LogP contribution < -0.4 is 0 Å². The Bertz CT molecular complexity index is 231. The molecule has 0 aliphatic heterocycles. The quantitative estimate of drug-likeness (QED) is 0.661. The van der Waals surface area contributed by atoms with Gasteiger partial charge in [-0.25, -0.2) is 0 Å². The van der Waals surface area contributed by atoms with Gasteiger partial charge in [-0.05, 0) is 52.0 Å². The van der Waals surface area contributed by atoms with Gasteiger partial charge >= 0.3 is 0 Å². The van der Waals surface area contributed by atoms with E-state index in [1.165, 1.54) is 32.0 Å². The molecule has 0 aromatic heterocycles.